The molecule has 2 N–H and O–H groups in total. The first-order valence-corrected chi connectivity index (χ1v) is 7.77. The number of non-ortho nitro benzene ring substituents is 1. The first-order valence-electron chi connectivity index (χ1n) is 7.39. The van der Waals surface area contributed by atoms with Gasteiger partial charge in [-0.2, -0.15) is 0 Å². The van der Waals surface area contributed by atoms with Crippen molar-refractivity contribution in [1.29, 1.82) is 0 Å². The van der Waals surface area contributed by atoms with E-state index in [4.69, 9.17) is 11.6 Å². The number of halogens is 1. The van der Waals surface area contributed by atoms with Gasteiger partial charge in [0.1, 0.15) is 0 Å². The fourth-order valence-electron chi connectivity index (χ4n) is 2.94. The fraction of sp³-hybridized carbons (Fsp3) is 0.235. The van der Waals surface area contributed by atoms with Crippen molar-refractivity contribution in [2.24, 2.45) is 0 Å². The maximum absolute atomic E-state index is 12.2. The zero-order valence-electron chi connectivity index (χ0n) is 12.7. The van der Waals surface area contributed by atoms with Gasteiger partial charge in [0.05, 0.1) is 21.1 Å². The maximum atomic E-state index is 12.2. The SMILES string of the molecule is O=C(NCC1(O)Cc2ccccc2C1)c1ccc([N+](=O)[O-])cc1Cl. The average molecular weight is 347 g/mol. The molecule has 0 saturated heterocycles. The van der Waals surface area contributed by atoms with E-state index in [-0.39, 0.29) is 22.8 Å². The molecule has 0 unspecified atom stereocenters. The smallest absolute Gasteiger partial charge is 0.270 e. The molecular weight excluding hydrogens is 332 g/mol. The highest BCUT2D eigenvalue weighted by atomic mass is 35.5. The topological polar surface area (TPSA) is 92.5 Å². The summed E-state index contributed by atoms with van der Waals surface area (Å²) in [5.41, 5.74) is 1.07. The first kappa shape index (κ1) is 16.4. The molecule has 0 bridgehead atoms. The molecule has 2 aromatic rings. The van der Waals surface area contributed by atoms with Crippen molar-refractivity contribution in [3.05, 3.63) is 74.3 Å². The summed E-state index contributed by atoms with van der Waals surface area (Å²) < 4.78 is 0. The Morgan fingerprint density at radius 1 is 1.25 bits per heavy atom. The molecule has 0 heterocycles. The van der Waals surface area contributed by atoms with Crippen LogP contribution in [0.4, 0.5) is 5.69 Å². The zero-order valence-corrected chi connectivity index (χ0v) is 13.4. The lowest BCUT2D eigenvalue weighted by Gasteiger charge is -2.22. The highest BCUT2D eigenvalue weighted by Gasteiger charge is 2.35. The minimum Gasteiger partial charge on any atom is -0.387 e. The van der Waals surface area contributed by atoms with E-state index in [1.165, 1.54) is 12.1 Å². The number of amides is 1. The standard InChI is InChI=1S/C17H15ClN2O4/c18-15-7-13(20(23)24)5-6-14(15)16(21)19-10-17(22)8-11-3-1-2-4-12(11)9-17/h1-7,22H,8-10H2,(H,19,21). The van der Waals surface area contributed by atoms with E-state index in [0.29, 0.717) is 12.8 Å². The minimum absolute atomic E-state index is 0.00315. The summed E-state index contributed by atoms with van der Waals surface area (Å²) in [7, 11) is 0. The van der Waals surface area contributed by atoms with Gasteiger partial charge < -0.3 is 10.4 Å². The Kier molecular flexibility index (Phi) is 4.26. The molecule has 24 heavy (non-hydrogen) atoms. The molecule has 0 spiro atoms. The molecule has 0 radical (unpaired) electrons. The summed E-state index contributed by atoms with van der Waals surface area (Å²) in [5, 5.41) is 24.0. The molecule has 1 aliphatic rings. The molecule has 0 atom stereocenters. The number of carbonyl (C=O) groups excluding carboxylic acids is 1. The second-order valence-corrected chi connectivity index (χ2v) is 6.36. The second-order valence-electron chi connectivity index (χ2n) is 5.95. The summed E-state index contributed by atoms with van der Waals surface area (Å²) >= 11 is 5.94. The van der Waals surface area contributed by atoms with E-state index in [1.54, 1.807) is 0 Å². The van der Waals surface area contributed by atoms with Gasteiger partial charge in [-0.05, 0) is 17.2 Å². The number of rotatable bonds is 4. The normalized spacial score (nSPS) is 14.9. The molecule has 124 valence electrons. The number of nitro groups is 1. The van der Waals surface area contributed by atoms with Crippen LogP contribution in [-0.4, -0.2) is 28.1 Å². The molecule has 0 saturated carbocycles. The van der Waals surface area contributed by atoms with Gasteiger partial charge in [-0.15, -0.1) is 0 Å². The predicted molar refractivity (Wildman–Crippen MR) is 89.2 cm³/mol. The quantitative estimate of drug-likeness (QED) is 0.657. The van der Waals surface area contributed by atoms with Crippen molar-refractivity contribution in [3.63, 3.8) is 0 Å². The van der Waals surface area contributed by atoms with E-state index in [1.807, 2.05) is 24.3 Å². The largest absolute Gasteiger partial charge is 0.387 e. The molecule has 1 aliphatic carbocycles. The molecule has 0 aromatic heterocycles. The Morgan fingerprint density at radius 2 is 1.88 bits per heavy atom. The molecule has 3 rings (SSSR count). The van der Waals surface area contributed by atoms with Crippen molar-refractivity contribution in [3.8, 4) is 0 Å². The third kappa shape index (κ3) is 3.25. The van der Waals surface area contributed by atoms with Gasteiger partial charge in [0.25, 0.3) is 11.6 Å². The summed E-state index contributed by atoms with van der Waals surface area (Å²) in [4.78, 5) is 22.4. The van der Waals surface area contributed by atoms with E-state index in [2.05, 4.69) is 5.32 Å². The van der Waals surface area contributed by atoms with Crippen molar-refractivity contribution in [2.75, 3.05) is 6.54 Å². The lowest BCUT2D eigenvalue weighted by molar-refractivity contribution is -0.384. The average Bonchev–Trinajstić information content (AvgIpc) is 2.89. The second kappa shape index (κ2) is 6.22. The number of nitro benzene ring substituents is 1. The van der Waals surface area contributed by atoms with Crippen LogP contribution in [0, 0.1) is 10.1 Å². The van der Waals surface area contributed by atoms with E-state index in [0.717, 1.165) is 17.2 Å². The van der Waals surface area contributed by atoms with Crippen molar-refractivity contribution < 1.29 is 14.8 Å². The van der Waals surface area contributed by atoms with E-state index in [9.17, 15) is 20.0 Å². The lowest BCUT2D eigenvalue weighted by atomic mass is 10.0. The Bertz CT molecular complexity index is 797. The number of aliphatic hydroxyl groups is 1. The highest BCUT2D eigenvalue weighted by molar-refractivity contribution is 6.34. The van der Waals surface area contributed by atoms with Crippen LogP contribution in [0.15, 0.2) is 42.5 Å². The van der Waals surface area contributed by atoms with Crippen molar-refractivity contribution in [2.45, 2.75) is 18.4 Å². The Balaban J connectivity index is 1.67. The molecule has 7 heteroatoms. The van der Waals surface area contributed by atoms with Crippen molar-refractivity contribution >= 4 is 23.2 Å². The summed E-state index contributed by atoms with van der Waals surface area (Å²) in [6, 6.07) is 11.4. The minimum atomic E-state index is -1.04. The van der Waals surface area contributed by atoms with Crippen LogP contribution in [-0.2, 0) is 12.8 Å². The summed E-state index contributed by atoms with van der Waals surface area (Å²) in [6.45, 7) is 0.0772. The van der Waals surface area contributed by atoms with Crippen molar-refractivity contribution in [1.82, 2.24) is 5.32 Å². The number of fused-ring (bicyclic) bond motifs is 1. The number of hydrogen-bond donors (Lipinski definition) is 2. The first-order chi connectivity index (χ1) is 11.4. The predicted octanol–water partition coefficient (Wildman–Crippen LogP) is 2.51. The Labute approximate surface area is 143 Å². The summed E-state index contributed by atoms with van der Waals surface area (Å²) in [5.74, 6) is -0.473. The molecule has 1 amide bonds. The monoisotopic (exact) mass is 346 g/mol. The molecular formula is C17H15ClN2O4. The molecule has 0 aliphatic heterocycles. The third-order valence-electron chi connectivity index (χ3n) is 4.14. The third-order valence-corrected chi connectivity index (χ3v) is 4.46. The molecule has 0 fully saturated rings. The van der Waals surface area contributed by atoms with Gasteiger partial charge in [-0.25, -0.2) is 0 Å². The van der Waals surface area contributed by atoms with Crippen LogP contribution < -0.4 is 5.32 Å². The van der Waals surface area contributed by atoms with E-state index < -0.39 is 16.4 Å². The van der Waals surface area contributed by atoms with Gasteiger partial charge >= 0.3 is 0 Å². The number of nitrogens with one attached hydrogen (secondary N) is 1. The van der Waals surface area contributed by atoms with Crippen LogP contribution in [0.25, 0.3) is 0 Å². The van der Waals surface area contributed by atoms with Gasteiger partial charge in [0.2, 0.25) is 0 Å². The van der Waals surface area contributed by atoms with Crippen LogP contribution in [0.1, 0.15) is 21.5 Å². The van der Waals surface area contributed by atoms with Gasteiger partial charge in [0, 0.05) is 31.5 Å². The van der Waals surface area contributed by atoms with Gasteiger partial charge in [-0.1, -0.05) is 35.9 Å². The fourth-order valence-corrected chi connectivity index (χ4v) is 3.20. The number of nitrogens with zero attached hydrogens (tertiary/aromatic N) is 1. The highest BCUT2D eigenvalue weighted by Crippen LogP contribution is 2.29. The Morgan fingerprint density at radius 3 is 2.42 bits per heavy atom. The van der Waals surface area contributed by atoms with Gasteiger partial charge in [-0.3, -0.25) is 14.9 Å². The summed E-state index contributed by atoms with van der Waals surface area (Å²) in [6.07, 6.45) is 0.939. The number of hydrogen-bond acceptors (Lipinski definition) is 4. The Hall–Kier alpha value is -2.44. The molecule has 2 aromatic carbocycles. The zero-order chi connectivity index (χ0) is 17.3. The van der Waals surface area contributed by atoms with Crippen LogP contribution in [0.2, 0.25) is 5.02 Å². The number of benzene rings is 2. The van der Waals surface area contributed by atoms with Gasteiger partial charge in [0.15, 0.2) is 0 Å². The number of carbonyl (C=O) groups is 1. The lowest BCUT2D eigenvalue weighted by Crippen LogP contribution is -2.43. The van der Waals surface area contributed by atoms with Crippen LogP contribution in [0.3, 0.4) is 0 Å². The molecule has 6 nitrogen and oxygen atoms in total. The maximum Gasteiger partial charge on any atom is 0.270 e. The van der Waals surface area contributed by atoms with Crippen LogP contribution in [0.5, 0.6) is 0 Å². The van der Waals surface area contributed by atoms with Crippen LogP contribution >= 0.6 is 11.6 Å². The van der Waals surface area contributed by atoms with E-state index >= 15 is 0 Å².